The third-order valence-electron chi connectivity index (χ3n) is 3.89. The number of aromatic nitrogens is 4. The van der Waals surface area contributed by atoms with Gasteiger partial charge in [0.15, 0.2) is 10.8 Å². The summed E-state index contributed by atoms with van der Waals surface area (Å²) in [5.41, 5.74) is 2.04. The molecular weight excluding hydrogens is 348 g/mol. The van der Waals surface area contributed by atoms with Gasteiger partial charge in [0.25, 0.3) is 0 Å². The van der Waals surface area contributed by atoms with E-state index in [4.69, 9.17) is 21.9 Å². The Morgan fingerprint density at radius 2 is 2.22 bits per heavy atom. The van der Waals surface area contributed by atoms with Gasteiger partial charge in [0.2, 0.25) is 4.77 Å². The predicted octanol–water partition coefficient (Wildman–Crippen LogP) is 4.35. The van der Waals surface area contributed by atoms with Gasteiger partial charge in [-0.1, -0.05) is 25.6 Å². The van der Waals surface area contributed by atoms with Crippen LogP contribution in [0.2, 0.25) is 0 Å². The second-order valence-corrected chi connectivity index (χ2v) is 9.67. The fourth-order valence-electron chi connectivity index (χ4n) is 2.92. The van der Waals surface area contributed by atoms with Crippen molar-refractivity contribution in [2.45, 2.75) is 56.7 Å². The van der Waals surface area contributed by atoms with Crippen LogP contribution in [0.3, 0.4) is 0 Å². The quantitative estimate of drug-likeness (QED) is 0.415. The highest BCUT2D eigenvalue weighted by Gasteiger charge is 2.31. The Balaban J connectivity index is 2.06. The van der Waals surface area contributed by atoms with Crippen LogP contribution in [0, 0.1) is 4.77 Å². The first-order valence-corrected chi connectivity index (χ1v) is 9.68. The van der Waals surface area contributed by atoms with Crippen LogP contribution < -0.4 is 0 Å². The van der Waals surface area contributed by atoms with Crippen molar-refractivity contribution in [3.63, 3.8) is 0 Å². The summed E-state index contributed by atoms with van der Waals surface area (Å²) < 4.78 is 8.53. The molecule has 8 heteroatoms. The highest BCUT2D eigenvalue weighted by Crippen LogP contribution is 2.40. The minimum Gasteiger partial charge on any atom is -0.370 e. The van der Waals surface area contributed by atoms with Gasteiger partial charge in [-0.05, 0) is 31.6 Å². The van der Waals surface area contributed by atoms with Crippen molar-refractivity contribution in [2.24, 2.45) is 0 Å². The molecule has 0 fully saturated rings. The van der Waals surface area contributed by atoms with E-state index in [1.54, 1.807) is 23.1 Å². The van der Waals surface area contributed by atoms with Crippen molar-refractivity contribution in [2.75, 3.05) is 0 Å². The average Bonchev–Trinajstić information content (AvgIpc) is 2.98. The number of nitrogens with one attached hydrogen (secondary N) is 1. The number of fused-ring (bicyclic) bond motifs is 5. The number of aromatic amines is 1. The van der Waals surface area contributed by atoms with Crippen LogP contribution >= 0.6 is 35.3 Å². The Hall–Kier alpha value is -0.960. The van der Waals surface area contributed by atoms with Gasteiger partial charge in [-0.25, -0.2) is 9.38 Å². The number of thioether (sulfide) groups is 1. The summed E-state index contributed by atoms with van der Waals surface area (Å²) in [7, 11) is 0. The van der Waals surface area contributed by atoms with E-state index in [-0.39, 0.29) is 5.60 Å². The van der Waals surface area contributed by atoms with Crippen LogP contribution in [-0.4, -0.2) is 30.4 Å². The molecule has 3 aromatic rings. The molecule has 0 aliphatic carbocycles. The topological polar surface area (TPSA) is 55.2 Å². The smallest absolute Gasteiger partial charge is 0.201 e. The second-order valence-electron chi connectivity index (χ2n) is 6.66. The average molecular weight is 367 g/mol. The second kappa shape index (κ2) is 5.27. The number of nitrogens with zero attached hydrogens (tertiary/aromatic N) is 3. The molecule has 4 heterocycles. The molecule has 4 rings (SSSR count). The Morgan fingerprint density at radius 3 is 2.96 bits per heavy atom. The first-order valence-electron chi connectivity index (χ1n) is 7.58. The lowest BCUT2D eigenvalue weighted by atomic mass is 9.94. The number of rotatable bonds is 2. The van der Waals surface area contributed by atoms with Gasteiger partial charge in [-0.2, -0.15) is 5.10 Å². The molecule has 0 bridgehead atoms. The molecule has 0 atom stereocenters. The Kier molecular flexibility index (Phi) is 3.57. The van der Waals surface area contributed by atoms with Crippen LogP contribution in [0.4, 0.5) is 0 Å². The summed E-state index contributed by atoms with van der Waals surface area (Å²) in [6.45, 7) is 9.21. The molecule has 1 aliphatic rings. The third-order valence-corrected chi connectivity index (χ3v) is 6.22. The minimum atomic E-state index is -0.156. The predicted molar refractivity (Wildman–Crippen MR) is 97.1 cm³/mol. The summed E-state index contributed by atoms with van der Waals surface area (Å²) in [6.07, 6.45) is 0.871. The number of H-pyrrole nitrogens is 1. The molecule has 122 valence electrons. The molecule has 0 saturated heterocycles. The number of ether oxygens (including phenoxy) is 1. The van der Waals surface area contributed by atoms with Gasteiger partial charge < -0.3 is 4.74 Å². The Bertz CT molecular complexity index is 967. The van der Waals surface area contributed by atoms with Gasteiger partial charge in [-0.15, -0.1) is 11.3 Å². The summed E-state index contributed by atoms with van der Waals surface area (Å²) in [6, 6.07) is 0. The molecule has 5 nitrogen and oxygen atoms in total. The number of hydrogen-bond donors (Lipinski definition) is 1. The SMILES string of the molecule is CC(C)Sc1nc2sc3c(c2c2n[nH]c(=S)n12)CC(C)(C)OC3. The maximum Gasteiger partial charge on any atom is 0.201 e. The van der Waals surface area contributed by atoms with E-state index in [2.05, 4.69) is 37.9 Å². The van der Waals surface area contributed by atoms with Crippen molar-refractivity contribution in [3.8, 4) is 0 Å². The van der Waals surface area contributed by atoms with Gasteiger partial charge in [-0.3, -0.25) is 5.10 Å². The van der Waals surface area contributed by atoms with E-state index in [0.717, 1.165) is 27.4 Å². The minimum absolute atomic E-state index is 0.156. The zero-order valence-electron chi connectivity index (χ0n) is 13.5. The van der Waals surface area contributed by atoms with Gasteiger partial charge >= 0.3 is 0 Å². The van der Waals surface area contributed by atoms with Crippen LogP contribution in [0.15, 0.2) is 5.16 Å². The summed E-state index contributed by atoms with van der Waals surface area (Å²) in [5.74, 6) is 0. The van der Waals surface area contributed by atoms with Crippen molar-refractivity contribution < 1.29 is 4.74 Å². The molecule has 1 aliphatic heterocycles. The molecule has 0 aromatic carbocycles. The summed E-state index contributed by atoms with van der Waals surface area (Å²) in [4.78, 5) is 7.18. The summed E-state index contributed by atoms with van der Waals surface area (Å²) in [5, 5.41) is 9.89. The third kappa shape index (κ3) is 2.52. The van der Waals surface area contributed by atoms with Crippen molar-refractivity contribution in [3.05, 3.63) is 15.2 Å². The number of thiophene rings is 1. The first-order chi connectivity index (χ1) is 10.9. The fraction of sp³-hybridized carbons (Fsp3) is 0.533. The molecule has 1 N–H and O–H groups in total. The Morgan fingerprint density at radius 1 is 1.43 bits per heavy atom. The van der Waals surface area contributed by atoms with E-state index >= 15 is 0 Å². The maximum atomic E-state index is 5.96. The highest BCUT2D eigenvalue weighted by atomic mass is 32.2. The normalized spacial score (nSPS) is 17.3. The lowest BCUT2D eigenvalue weighted by molar-refractivity contribution is -0.0379. The number of hydrogen-bond acceptors (Lipinski definition) is 6. The van der Waals surface area contributed by atoms with E-state index in [1.807, 2.05) is 4.40 Å². The maximum absolute atomic E-state index is 5.96. The standard InChI is InChI=1S/C15H18N4OS3/c1-7(2)22-14-16-12-10(11-17-18-13(21)19(11)14)8-5-15(3,4)20-6-9(8)23-12/h7H,5-6H2,1-4H3,(H,18,21). The van der Waals surface area contributed by atoms with Crippen LogP contribution in [0.5, 0.6) is 0 Å². The van der Waals surface area contributed by atoms with E-state index in [1.165, 1.54) is 10.4 Å². The molecule has 0 amide bonds. The van der Waals surface area contributed by atoms with E-state index in [9.17, 15) is 0 Å². The van der Waals surface area contributed by atoms with Gasteiger partial charge in [0.1, 0.15) is 4.83 Å². The molecular formula is C15H18N4OS3. The van der Waals surface area contributed by atoms with Crippen molar-refractivity contribution in [1.82, 2.24) is 19.6 Å². The van der Waals surface area contributed by atoms with Gasteiger partial charge in [0, 0.05) is 16.5 Å². The fourth-order valence-corrected chi connectivity index (χ4v) is 5.20. The molecule has 0 radical (unpaired) electrons. The van der Waals surface area contributed by atoms with Crippen LogP contribution in [0.1, 0.15) is 38.1 Å². The lowest BCUT2D eigenvalue weighted by Gasteiger charge is -2.30. The van der Waals surface area contributed by atoms with Gasteiger partial charge in [0.05, 0.1) is 17.6 Å². The molecule has 23 heavy (non-hydrogen) atoms. The summed E-state index contributed by atoms with van der Waals surface area (Å²) >= 11 is 8.86. The largest absolute Gasteiger partial charge is 0.370 e. The molecule has 0 spiro atoms. The Labute approximate surface area is 147 Å². The van der Waals surface area contributed by atoms with Crippen molar-refractivity contribution in [1.29, 1.82) is 0 Å². The highest BCUT2D eigenvalue weighted by molar-refractivity contribution is 7.99. The van der Waals surface area contributed by atoms with Crippen LogP contribution in [0.25, 0.3) is 15.9 Å². The molecule has 0 saturated carbocycles. The first kappa shape index (κ1) is 15.6. The monoisotopic (exact) mass is 366 g/mol. The zero-order chi connectivity index (χ0) is 16.4. The lowest BCUT2D eigenvalue weighted by Crippen LogP contribution is -2.31. The molecule has 0 unspecified atom stereocenters. The molecule has 3 aromatic heterocycles. The van der Waals surface area contributed by atoms with E-state index < -0.39 is 0 Å². The van der Waals surface area contributed by atoms with Crippen LogP contribution in [-0.2, 0) is 17.8 Å². The van der Waals surface area contributed by atoms with E-state index in [0.29, 0.717) is 16.6 Å². The van der Waals surface area contributed by atoms with Crippen molar-refractivity contribution >= 4 is 51.2 Å². The zero-order valence-corrected chi connectivity index (χ0v) is 15.9.